The van der Waals surface area contributed by atoms with Crippen molar-refractivity contribution in [1.82, 2.24) is 4.90 Å². The van der Waals surface area contributed by atoms with Crippen LogP contribution in [-0.2, 0) is 4.79 Å². The van der Waals surface area contributed by atoms with Crippen LogP contribution in [0, 0.1) is 0 Å². The molecule has 2 aliphatic heterocycles. The van der Waals surface area contributed by atoms with Crippen LogP contribution in [0.1, 0.15) is 17.9 Å². The normalized spacial score (nSPS) is 21.9. The molecule has 17 heavy (non-hydrogen) atoms. The zero-order valence-electron chi connectivity index (χ0n) is 9.51. The molecule has 2 aliphatic rings. The van der Waals surface area contributed by atoms with Crippen molar-refractivity contribution in [3.63, 3.8) is 0 Å². The van der Waals surface area contributed by atoms with Crippen LogP contribution in [0.2, 0.25) is 0 Å². The van der Waals surface area contributed by atoms with Gasteiger partial charge in [-0.25, -0.2) is 0 Å². The third-order valence-corrected chi connectivity index (χ3v) is 4.24. The molecule has 1 aromatic rings. The number of hydrogen-bond acceptors (Lipinski definition) is 4. The van der Waals surface area contributed by atoms with Crippen LogP contribution in [-0.4, -0.2) is 29.9 Å². The molecule has 0 saturated carbocycles. The zero-order chi connectivity index (χ0) is 11.8. The number of amides is 1. The van der Waals surface area contributed by atoms with Gasteiger partial charge in [-0.2, -0.15) is 0 Å². The fourth-order valence-electron chi connectivity index (χ4n) is 2.14. The monoisotopic (exact) mass is 251 g/mol. The number of rotatable bonds is 1. The largest absolute Gasteiger partial charge is 0.454 e. The van der Waals surface area contributed by atoms with E-state index in [1.165, 1.54) is 0 Å². The second-order valence-electron chi connectivity index (χ2n) is 4.05. The van der Waals surface area contributed by atoms with Gasteiger partial charge in [0, 0.05) is 19.2 Å². The van der Waals surface area contributed by atoms with E-state index in [1.807, 2.05) is 23.1 Å². The summed E-state index contributed by atoms with van der Waals surface area (Å²) < 4.78 is 10.6. The molecule has 0 N–H and O–H groups in total. The first-order valence-electron chi connectivity index (χ1n) is 5.54. The van der Waals surface area contributed by atoms with Crippen molar-refractivity contribution in [2.24, 2.45) is 0 Å². The Hall–Kier alpha value is -1.36. The summed E-state index contributed by atoms with van der Waals surface area (Å²) in [6.45, 7) is 2.72. The molecule has 0 radical (unpaired) electrons. The molecular formula is C12H13NO3S. The number of benzene rings is 1. The first kappa shape index (κ1) is 10.8. The molecular weight excluding hydrogens is 238 g/mol. The SMILES string of the molecule is CC(=O)N1CCSC1c1ccc2c(c1)OCO2. The molecule has 1 saturated heterocycles. The van der Waals surface area contributed by atoms with E-state index in [0.29, 0.717) is 0 Å². The Morgan fingerprint density at radius 2 is 2.24 bits per heavy atom. The van der Waals surface area contributed by atoms with Crippen LogP contribution in [0.25, 0.3) is 0 Å². The Balaban J connectivity index is 1.91. The molecule has 1 fully saturated rings. The third kappa shape index (κ3) is 1.84. The van der Waals surface area contributed by atoms with E-state index >= 15 is 0 Å². The molecule has 0 aromatic heterocycles. The second-order valence-corrected chi connectivity index (χ2v) is 5.24. The van der Waals surface area contributed by atoms with Crippen LogP contribution in [0.5, 0.6) is 11.5 Å². The summed E-state index contributed by atoms with van der Waals surface area (Å²) in [5.41, 5.74) is 1.10. The summed E-state index contributed by atoms with van der Waals surface area (Å²) in [5, 5.41) is 0.113. The van der Waals surface area contributed by atoms with E-state index in [4.69, 9.17) is 9.47 Å². The van der Waals surface area contributed by atoms with Crippen LogP contribution >= 0.6 is 11.8 Å². The topological polar surface area (TPSA) is 38.8 Å². The predicted octanol–water partition coefficient (Wildman–Crippen LogP) is 2.01. The van der Waals surface area contributed by atoms with E-state index in [9.17, 15) is 4.79 Å². The Bertz CT molecular complexity index is 463. The van der Waals surface area contributed by atoms with E-state index in [2.05, 4.69) is 0 Å². The molecule has 0 aliphatic carbocycles. The van der Waals surface area contributed by atoms with E-state index in [-0.39, 0.29) is 18.1 Å². The minimum atomic E-state index is 0.113. The summed E-state index contributed by atoms with van der Waals surface area (Å²) in [5.74, 6) is 2.67. The molecule has 2 heterocycles. The van der Waals surface area contributed by atoms with Gasteiger partial charge in [0.25, 0.3) is 0 Å². The Morgan fingerprint density at radius 3 is 3.06 bits per heavy atom. The van der Waals surface area contributed by atoms with Crippen molar-refractivity contribution in [3.05, 3.63) is 23.8 Å². The number of carbonyl (C=O) groups is 1. The number of ether oxygens (including phenoxy) is 2. The molecule has 90 valence electrons. The lowest BCUT2D eigenvalue weighted by atomic mass is 10.2. The lowest BCUT2D eigenvalue weighted by molar-refractivity contribution is -0.128. The summed E-state index contributed by atoms with van der Waals surface area (Å²) >= 11 is 1.79. The number of nitrogens with zero attached hydrogens (tertiary/aromatic N) is 1. The van der Waals surface area contributed by atoms with Crippen LogP contribution in [0.15, 0.2) is 18.2 Å². The first-order valence-corrected chi connectivity index (χ1v) is 6.59. The van der Waals surface area contributed by atoms with Gasteiger partial charge < -0.3 is 14.4 Å². The average Bonchev–Trinajstić information content (AvgIpc) is 2.96. The molecule has 0 bridgehead atoms. The average molecular weight is 251 g/mol. The predicted molar refractivity (Wildman–Crippen MR) is 65.2 cm³/mol. The maximum absolute atomic E-state index is 11.5. The van der Waals surface area contributed by atoms with Gasteiger partial charge in [-0.15, -0.1) is 11.8 Å². The molecule has 0 spiro atoms. The van der Waals surface area contributed by atoms with Gasteiger partial charge in [0.2, 0.25) is 12.7 Å². The first-order chi connectivity index (χ1) is 8.25. The molecule has 1 amide bonds. The van der Waals surface area contributed by atoms with Crippen LogP contribution in [0.3, 0.4) is 0 Å². The minimum absolute atomic E-state index is 0.113. The third-order valence-electron chi connectivity index (χ3n) is 2.98. The summed E-state index contributed by atoms with van der Waals surface area (Å²) in [6, 6.07) is 5.89. The van der Waals surface area contributed by atoms with Gasteiger partial charge >= 0.3 is 0 Å². The van der Waals surface area contributed by atoms with Crippen molar-refractivity contribution in [1.29, 1.82) is 0 Å². The van der Waals surface area contributed by atoms with Crippen molar-refractivity contribution in [2.45, 2.75) is 12.3 Å². The zero-order valence-corrected chi connectivity index (χ0v) is 10.3. The molecule has 1 unspecified atom stereocenters. The molecule has 3 rings (SSSR count). The van der Waals surface area contributed by atoms with Gasteiger partial charge in [0.05, 0.1) is 0 Å². The number of thioether (sulfide) groups is 1. The van der Waals surface area contributed by atoms with Crippen molar-refractivity contribution < 1.29 is 14.3 Å². The highest BCUT2D eigenvalue weighted by Crippen LogP contribution is 2.42. The highest BCUT2D eigenvalue weighted by atomic mass is 32.2. The highest BCUT2D eigenvalue weighted by molar-refractivity contribution is 7.99. The van der Waals surface area contributed by atoms with Gasteiger partial charge in [0.15, 0.2) is 11.5 Å². The number of fused-ring (bicyclic) bond motifs is 1. The van der Waals surface area contributed by atoms with Gasteiger partial charge in [-0.05, 0) is 17.7 Å². The lowest BCUT2D eigenvalue weighted by Gasteiger charge is -2.22. The second kappa shape index (κ2) is 4.14. The maximum atomic E-state index is 11.5. The molecule has 1 atom stereocenters. The fraction of sp³-hybridized carbons (Fsp3) is 0.417. The van der Waals surface area contributed by atoms with E-state index in [1.54, 1.807) is 18.7 Å². The summed E-state index contributed by atoms with van der Waals surface area (Å²) in [4.78, 5) is 13.4. The van der Waals surface area contributed by atoms with Crippen molar-refractivity contribution in [3.8, 4) is 11.5 Å². The minimum Gasteiger partial charge on any atom is -0.454 e. The van der Waals surface area contributed by atoms with Crippen LogP contribution in [0.4, 0.5) is 0 Å². The van der Waals surface area contributed by atoms with Gasteiger partial charge in [-0.3, -0.25) is 4.79 Å². The maximum Gasteiger partial charge on any atom is 0.231 e. The Labute approximate surface area is 104 Å². The van der Waals surface area contributed by atoms with E-state index in [0.717, 1.165) is 29.4 Å². The van der Waals surface area contributed by atoms with Crippen LogP contribution < -0.4 is 9.47 Å². The molecule has 1 aromatic carbocycles. The Kier molecular flexibility index (Phi) is 2.63. The van der Waals surface area contributed by atoms with E-state index < -0.39 is 0 Å². The quantitative estimate of drug-likeness (QED) is 0.765. The fourth-order valence-corrected chi connectivity index (χ4v) is 3.43. The van der Waals surface area contributed by atoms with Gasteiger partial charge in [-0.1, -0.05) is 6.07 Å². The summed E-state index contributed by atoms with van der Waals surface area (Å²) in [6.07, 6.45) is 0. The number of carbonyl (C=O) groups excluding carboxylic acids is 1. The van der Waals surface area contributed by atoms with Crippen molar-refractivity contribution in [2.75, 3.05) is 19.1 Å². The molecule has 5 heteroatoms. The Morgan fingerprint density at radius 1 is 1.41 bits per heavy atom. The summed E-state index contributed by atoms with van der Waals surface area (Å²) in [7, 11) is 0. The van der Waals surface area contributed by atoms with Gasteiger partial charge in [0.1, 0.15) is 5.37 Å². The highest BCUT2D eigenvalue weighted by Gasteiger charge is 2.29. The number of hydrogen-bond donors (Lipinski definition) is 0. The lowest BCUT2D eigenvalue weighted by Crippen LogP contribution is -2.27. The molecule has 4 nitrogen and oxygen atoms in total. The standard InChI is InChI=1S/C12H13NO3S/c1-8(14)13-4-5-17-12(13)9-2-3-10-11(6-9)16-7-15-10/h2-3,6,12H,4-5,7H2,1H3. The van der Waals surface area contributed by atoms with Crippen molar-refractivity contribution >= 4 is 17.7 Å². The smallest absolute Gasteiger partial charge is 0.231 e.